The van der Waals surface area contributed by atoms with Crippen LogP contribution in [0.4, 0.5) is 0 Å². The van der Waals surface area contributed by atoms with E-state index in [1.165, 1.54) is 6.42 Å². The Morgan fingerprint density at radius 1 is 1.09 bits per heavy atom. The molecule has 0 bridgehead atoms. The first-order valence-electron chi connectivity index (χ1n) is 12.4. The van der Waals surface area contributed by atoms with Crippen LogP contribution in [-0.4, -0.2) is 34.7 Å². The third-order valence-electron chi connectivity index (χ3n) is 6.87. The van der Waals surface area contributed by atoms with Crippen molar-refractivity contribution in [3.8, 4) is 22.6 Å². The minimum Gasteiger partial charge on any atom is -0.290 e. The molecule has 3 heterocycles. The molecule has 8 nitrogen and oxygen atoms in total. The summed E-state index contributed by atoms with van der Waals surface area (Å²) in [4.78, 5) is 18.3. The van der Waals surface area contributed by atoms with Gasteiger partial charge in [-0.1, -0.05) is 74.5 Å². The van der Waals surface area contributed by atoms with Crippen molar-refractivity contribution in [2.45, 2.75) is 70.9 Å². The van der Waals surface area contributed by atoms with Crippen molar-refractivity contribution in [2.75, 3.05) is 0 Å². The van der Waals surface area contributed by atoms with Gasteiger partial charge in [-0.3, -0.25) is 14.1 Å². The molecule has 0 atom stereocenters. The van der Waals surface area contributed by atoms with Gasteiger partial charge in [0.25, 0.3) is 0 Å². The molecule has 0 unspecified atom stereocenters. The molecule has 0 saturated heterocycles. The summed E-state index contributed by atoms with van der Waals surface area (Å²) in [6.45, 7) is 2.61. The van der Waals surface area contributed by atoms with Crippen molar-refractivity contribution in [3.63, 3.8) is 0 Å². The van der Waals surface area contributed by atoms with Crippen molar-refractivity contribution in [2.24, 2.45) is 0 Å². The first kappa shape index (κ1) is 23.5. The number of nitrogens with zero attached hydrogens (tertiary/aromatic N) is 6. The molecule has 0 radical (unpaired) electrons. The molecular weight excluding hydrogens is 462 g/mol. The number of H-pyrrole nitrogens is 1. The molecule has 1 fully saturated rings. The number of benzene rings is 1. The van der Waals surface area contributed by atoms with E-state index in [1.54, 1.807) is 0 Å². The van der Waals surface area contributed by atoms with Crippen LogP contribution in [0.5, 0.6) is 0 Å². The molecule has 4 aromatic rings. The fourth-order valence-corrected chi connectivity index (χ4v) is 5.43. The molecule has 1 aliphatic rings. The van der Waals surface area contributed by atoms with Gasteiger partial charge in [-0.15, -0.1) is 10.2 Å². The quantitative estimate of drug-likeness (QED) is 0.354. The summed E-state index contributed by atoms with van der Waals surface area (Å²) < 4.78 is 3.71. The van der Waals surface area contributed by atoms with Crippen LogP contribution in [-0.2, 0) is 13.0 Å². The number of pyridine rings is 1. The second-order valence-corrected chi connectivity index (χ2v) is 9.56. The fraction of sp³-hybridized carbons (Fsp3) is 0.423. The number of tetrazole rings is 1. The summed E-state index contributed by atoms with van der Waals surface area (Å²) in [6.07, 6.45) is 10.3. The number of aromatic amines is 1. The number of unbranched alkanes of at least 4 members (excludes halogenated alkanes) is 1. The molecule has 1 aromatic carbocycles. The van der Waals surface area contributed by atoms with Crippen LogP contribution in [0.25, 0.3) is 22.6 Å². The lowest BCUT2D eigenvalue weighted by molar-refractivity contribution is 0.344. The minimum absolute atomic E-state index is 0.000434. The topological polar surface area (TPSA) is 94.3 Å². The van der Waals surface area contributed by atoms with E-state index in [9.17, 15) is 4.79 Å². The zero-order chi connectivity index (χ0) is 24.2. The first-order chi connectivity index (χ1) is 17.2. The Labute approximate surface area is 209 Å². The molecular formula is C26H30ClN7O. The second kappa shape index (κ2) is 10.6. The van der Waals surface area contributed by atoms with Crippen LogP contribution in [0.3, 0.4) is 0 Å². The highest BCUT2D eigenvalue weighted by Gasteiger charge is 2.25. The molecule has 9 heteroatoms. The van der Waals surface area contributed by atoms with Crippen molar-refractivity contribution in [1.82, 2.24) is 34.7 Å². The maximum atomic E-state index is 13.5. The normalized spacial score (nSPS) is 14.5. The van der Waals surface area contributed by atoms with E-state index in [4.69, 9.17) is 16.6 Å². The molecule has 1 N–H and O–H groups in total. The maximum Gasteiger partial charge on any atom is 0.330 e. The Balaban J connectivity index is 1.45. The number of imidazole rings is 1. The van der Waals surface area contributed by atoms with Crippen LogP contribution >= 0.6 is 11.6 Å². The fourth-order valence-electron chi connectivity index (χ4n) is 5.02. The van der Waals surface area contributed by atoms with Crippen molar-refractivity contribution in [1.29, 1.82) is 0 Å². The maximum absolute atomic E-state index is 13.5. The van der Waals surface area contributed by atoms with Crippen molar-refractivity contribution in [3.05, 3.63) is 69.5 Å². The summed E-state index contributed by atoms with van der Waals surface area (Å²) >= 11 is 6.85. The molecule has 3 aromatic heterocycles. The van der Waals surface area contributed by atoms with Gasteiger partial charge in [0.15, 0.2) is 0 Å². The monoisotopic (exact) mass is 491 g/mol. The van der Waals surface area contributed by atoms with Gasteiger partial charge < -0.3 is 0 Å². The molecule has 5 rings (SSSR count). The van der Waals surface area contributed by atoms with E-state index in [1.807, 2.05) is 51.7 Å². The molecule has 1 saturated carbocycles. The van der Waals surface area contributed by atoms with Crippen LogP contribution in [0.1, 0.15) is 69.2 Å². The number of nitrogens with one attached hydrogen (secondary N) is 1. The van der Waals surface area contributed by atoms with E-state index in [2.05, 4.69) is 27.5 Å². The lowest BCUT2D eigenvalue weighted by Crippen LogP contribution is -2.29. The summed E-state index contributed by atoms with van der Waals surface area (Å²) in [7, 11) is 0. The van der Waals surface area contributed by atoms with E-state index in [-0.39, 0.29) is 11.7 Å². The number of halogens is 1. The predicted molar refractivity (Wildman–Crippen MR) is 136 cm³/mol. The predicted octanol–water partition coefficient (Wildman–Crippen LogP) is 5.44. The highest BCUT2D eigenvalue weighted by Crippen LogP contribution is 2.32. The van der Waals surface area contributed by atoms with Gasteiger partial charge in [0.2, 0.25) is 5.82 Å². The van der Waals surface area contributed by atoms with E-state index in [0.717, 1.165) is 73.0 Å². The van der Waals surface area contributed by atoms with Gasteiger partial charge in [0, 0.05) is 23.4 Å². The molecule has 0 amide bonds. The highest BCUT2D eigenvalue weighted by atomic mass is 35.5. The van der Waals surface area contributed by atoms with Gasteiger partial charge in [0.05, 0.1) is 17.9 Å². The van der Waals surface area contributed by atoms with Crippen LogP contribution in [0, 0.1) is 0 Å². The summed E-state index contributed by atoms with van der Waals surface area (Å²) in [5.74, 6) is 0.525. The van der Waals surface area contributed by atoms with Gasteiger partial charge >= 0.3 is 5.69 Å². The third-order valence-corrected chi connectivity index (χ3v) is 7.27. The smallest absolute Gasteiger partial charge is 0.290 e. The minimum atomic E-state index is -0.000434. The third kappa shape index (κ3) is 4.80. The number of rotatable bonds is 8. The van der Waals surface area contributed by atoms with Gasteiger partial charge in [-0.2, -0.15) is 5.21 Å². The van der Waals surface area contributed by atoms with E-state index in [0.29, 0.717) is 17.5 Å². The Kier molecular flexibility index (Phi) is 7.08. The Morgan fingerprint density at radius 2 is 1.89 bits per heavy atom. The Bertz CT molecular complexity index is 1320. The molecule has 0 aliphatic heterocycles. The van der Waals surface area contributed by atoms with Crippen LogP contribution in [0.2, 0.25) is 5.15 Å². The van der Waals surface area contributed by atoms with Gasteiger partial charge in [0.1, 0.15) is 5.15 Å². The van der Waals surface area contributed by atoms with E-state index < -0.39 is 0 Å². The summed E-state index contributed by atoms with van der Waals surface area (Å²) in [5, 5.41) is 15.0. The molecule has 1 aliphatic carbocycles. The van der Waals surface area contributed by atoms with Crippen molar-refractivity contribution >= 4 is 11.6 Å². The van der Waals surface area contributed by atoms with Gasteiger partial charge in [-0.05, 0) is 42.5 Å². The number of aromatic nitrogens is 7. The molecule has 0 spiro atoms. The average Bonchev–Trinajstić information content (AvgIpc) is 3.51. The summed E-state index contributed by atoms with van der Waals surface area (Å²) in [5.41, 5.74) is 4.49. The molecule has 35 heavy (non-hydrogen) atoms. The Morgan fingerprint density at radius 3 is 2.57 bits per heavy atom. The second-order valence-electron chi connectivity index (χ2n) is 9.20. The van der Waals surface area contributed by atoms with E-state index >= 15 is 0 Å². The zero-order valence-corrected chi connectivity index (χ0v) is 20.7. The lowest BCUT2D eigenvalue weighted by Gasteiger charge is -2.22. The Hall–Kier alpha value is -3.26. The standard InChI is InChI=1S/C26H30ClN7O/c1-2-3-13-23-24(27)34(19-9-5-4-6-10-19)26(35)33(23)17-18-14-15-22(28-16-18)20-11-7-8-12-21(20)25-29-31-32-30-25/h7-8,11-12,14-16,19H,2-6,9-10,13,17H2,1H3,(H,29,30,31,32). The molecule has 182 valence electrons. The van der Waals surface area contributed by atoms with Crippen molar-refractivity contribution < 1.29 is 0 Å². The van der Waals surface area contributed by atoms with Gasteiger partial charge in [-0.25, -0.2) is 4.79 Å². The lowest BCUT2D eigenvalue weighted by atomic mass is 9.95. The number of hydrogen-bond donors (Lipinski definition) is 1. The van der Waals surface area contributed by atoms with Crippen LogP contribution in [0.15, 0.2) is 47.4 Å². The summed E-state index contributed by atoms with van der Waals surface area (Å²) in [6, 6.07) is 12.0. The highest BCUT2D eigenvalue weighted by molar-refractivity contribution is 6.30. The zero-order valence-electron chi connectivity index (χ0n) is 20.0. The van der Waals surface area contributed by atoms with Crippen LogP contribution < -0.4 is 5.69 Å². The first-order valence-corrected chi connectivity index (χ1v) is 12.8. The number of hydrogen-bond acceptors (Lipinski definition) is 5. The SMILES string of the molecule is CCCCc1c(Cl)n(C2CCCCC2)c(=O)n1Cc1ccc(-c2ccccc2-c2nn[nH]n2)nc1. The average molecular weight is 492 g/mol. The largest absolute Gasteiger partial charge is 0.330 e.